The number of rotatable bonds is 7. The topological polar surface area (TPSA) is 59.1 Å². The largest absolute Gasteiger partial charge is 0.494 e. The summed E-state index contributed by atoms with van der Waals surface area (Å²) < 4.78 is 5.64. The molecule has 0 aliphatic carbocycles. The van der Waals surface area contributed by atoms with Gasteiger partial charge in [0.2, 0.25) is 5.91 Å². The Bertz CT molecular complexity index is 1170. The summed E-state index contributed by atoms with van der Waals surface area (Å²) in [5.41, 5.74) is 2.26. The van der Waals surface area contributed by atoms with E-state index in [2.05, 4.69) is 0 Å². The van der Waals surface area contributed by atoms with Crippen molar-refractivity contribution in [1.82, 2.24) is 0 Å². The van der Waals surface area contributed by atoms with Gasteiger partial charge in [-0.3, -0.25) is 14.4 Å². The molecule has 5 rings (SSSR count). The number of carbonyl (C=O) groups is 2. The van der Waals surface area contributed by atoms with Crippen molar-refractivity contribution >= 4 is 35.0 Å². The zero-order valence-corrected chi connectivity index (χ0v) is 19.9. The number of nitrogens with zero attached hydrogens (tertiary/aromatic N) is 2. The highest BCUT2D eigenvalue weighted by Crippen LogP contribution is 2.47. The third-order valence-electron chi connectivity index (χ3n) is 6.15. The average molecular weight is 475 g/mol. The van der Waals surface area contributed by atoms with Crippen molar-refractivity contribution in [3.8, 4) is 5.75 Å². The summed E-state index contributed by atoms with van der Waals surface area (Å²) in [6.45, 7) is 2.66. The highest BCUT2D eigenvalue weighted by Gasteiger charge is 2.60. The van der Waals surface area contributed by atoms with Crippen LogP contribution in [0.1, 0.15) is 24.9 Å². The average Bonchev–Trinajstić information content (AvgIpc) is 3.39. The van der Waals surface area contributed by atoms with Gasteiger partial charge < -0.3 is 4.74 Å². The second kappa shape index (κ2) is 9.52. The molecule has 6 nitrogen and oxygen atoms in total. The van der Waals surface area contributed by atoms with Crippen molar-refractivity contribution in [2.45, 2.75) is 30.4 Å². The summed E-state index contributed by atoms with van der Waals surface area (Å²) in [5, 5.41) is 1.72. The molecule has 3 aromatic rings. The number of amides is 2. The van der Waals surface area contributed by atoms with Crippen LogP contribution in [0.15, 0.2) is 83.8 Å². The van der Waals surface area contributed by atoms with Crippen LogP contribution in [0, 0.1) is 5.92 Å². The van der Waals surface area contributed by atoms with Crippen molar-refractivity contribution in [1.29, 1.82) is 0 Å². The van der Waals surface area contributed by atoms with E-state index in [1.54, 1.807) is 41.1 Å². The molecule has 0 radical (unpaired) electrons. The number of benzene rings is 3. The first-order valence-electron chi connectivity index (χ1n) is 11.4. The lowest BCUT2D eigenvalue weighted by molar-refractivity contribution is -0.126. The molecule has 2 fully saturated rings. The van der Waals surface area contributed by atoms with Gasteiger partial charge in [0.1, 0.15) is 11.7 Å². The second-order valence-corrected chi connectivity index (χ2v) is 9.17. The maximum atomic E-state index is 13.7. The molecular formula is C27H26N2O4S. The summed E-state index contributed by atoms with van der Waals surface area (Å²) in [7, 11) is 0. The molecular weight excluding hydrogens is 448 g/mol. The number of hydrogen-bond acceptors (Lipinski definition) is 6. The van der Waals surface area contributed by atoms with Crippen LogP contribution in [0.2, 0.25) is 0 Å². The monoisotopic (exact) mass is 474 g/mol. The predicted molar refractivity (Wildman–Crippen MR) is 133 cm³/mol. The van der Waals surface area contributed by atoms with Crippen LogP contribution in [0.3, 0.4) is 0 Å². The summed E-state index contributed by atoms with van der Waals surface area (Å²) in [6.07, 6.45) is 2.05. The van der Waals surface area contributed by atoms with Crippen LogP contribution in [-0.2, 0) is 14.4 Å². The van der Waals surface area contributed by atoms with E-state index in [1.165, 1.54) is 4.90 Å². The Morgan fingerprint density at radius 3 is 2.24 bits per heavy atom. The van der Waals surface area contributed by atoms with E-state index >= 15 is 0 Å². The number of hydroxylamine groups is 1. The lowest BCUT2D eigenvalue weighted by atomic mass is 9.90. The number of ether oxygens (including phenoxy) is 1. The van der Waals surface area contributed by atoms with Gasteiger partial charge in [0.15, 0.2) is 6.10 Å². The molecule has 0 N–H and O–H groups in total. The minimum absolute atomic E-state index is 0.255. The van der Waals surface area contributed by atoms with Crippen molar-refractivity contribution < 1.29 is 19.2 Å². The summed E-state index contributed by atoms with van der Waals surface area (Å²) in [6, 6.07) is 24.3. The van der Waals surface area contributed by atoms with Gasteiger partial charge in [-0.2, -0.15) is 0 Å². The van der Waals surface area contributed by atoms with E-state index < -0.39 is 18.1 Å². The predicted octanol–water partition coefficient (Wildman–Crippen LogP) is 5.25. The minimum atomic E-state index is -0.881. The lowest BCUT2D eigenvalue weighted by Gasteiger charge is -2.28. The third kappa shape index (κ3) is 3.95. The van der Waals surface area contributed by atoms with Gasteiger partial charge in [0.05, 0.1) is 24.0 Å². The Labute approximate surface area is 203 Å². The fraction of sp³-hybridized carbons (Fsp3) is 0.259. The van der Waals surface area contributed by atoms with Crippen molar-refractivity contribution in [2.24, 2.45) is 5.92 Å². The molecule has 0 spiro atoms. The van der Waals surface area contributed by atoms with E-state index in [0.717, 1.165) is 22.6 Å². The molecule has 3 atom stereocenters. The Hall–Kier alpha value is -3.29. The van der Waals surface area contributed by atoms with Crippen molar-refractivity contribution in [3.63, 3.8) is 0 Å². The number of hydrogen-bond donors (Lipinski definition) is 0. The molecule has 0 saturated carbocycles. The number of imide groups is 1. The molecule has 34 heavy (non-hydrogen) atoms. The molecule has 2 amide bonds. The third-order valence-corrected chi connectivity index (χ3v) is 6.89. The molecule has 0 bridgehead atoms. The fourth-order valence-electron chi connectivity index (χ4n) is 4.52. The first-order chi connectivity index (χ1) is 16.6. The Balaban J connectivity index is 1.49. The molecule has 174 valence electrons. The van der Waals surface area contributed by atoms with Gasteiger partial charge >= 0.3 is 0 Å². The first kappa shape index (κ1) is 22.5. The Kier molecular flexibility index (Phi) is 6.30. The number of fused-ring (bicyclic) bond motifs is 1. The van der Waals surface area contributed by atoms with E-state index in [-0.39, 0.29) is 11.8 Å². The van der Waals surface area contributed by atoms with E-state index in [4.69, 9.17) is 9.57 Å². The molecule has 2 saturated heterocycles. The van der Waals surface area contributed by atoms with Gasteiger partial charge in [-0.15, -0.1) is 11.8 Å². The van der Waals surface area contributed by atoms with Gasteiger partial charge in [-0.05, 0) is 66.8 Å². The minimum Gasteiger partial charge on any atom is -0.494 e. The normalized spacial score (nSPS) is 21.8. The van der Waals surface area contributed by atoms with Gasteiger partial charge in [0, 0.05) is 4.90 Å². The number of thioether (sulfide) groups is 1. The molecule has 7 heteroatoms. The zero-order chi connectivity index (χ0) is 23.7. The van der Waals surface area contributed by atoms with Gasteiger partial charge in [-0.25, -0.2) is 9.96 Å². The van der Waals surface area contributed by atoms with E-state index in [0.29, 0.717) is 18.0 Å². The molecule has 2 aliphatic rings. The molecule has 2 aliphatic heterocycles. The Morgan fingerprint density at radius 2 is 1.59 bits per heavy atom. The lowest BCUT2D eigenvalue weighted by Crippen LogP contribution is -2.37. The number of carbonyl (C=O) groups excluding carboxylic acids is 2. The molecule has 2 heterocycles. The molecule has 0 unspecified atom stereocenters. The highest BCUT2D eigenvalue weighted by atomic mass is 32.2. The van der Waals surface area contributed by atoms with Gasteiger partial charge in [0.25, 0.3) is 5.91 Å². The molecule has 0 aromatic heterocycles. The van der Waals surface area contributed by atoms with Crippen LogP contribution in [-0.4, -0.2) is 30.8 Å². The maximum Gasteiger partial charge on any atom is 0.266 e. The molecule has 3 aromatic carbocycles. The van der Waals surface area contributed by atoms with Crippen molar-refractivity contribution in [3.05, 3.63) is 84.4 Å². The SMILES string of the molecule is CCCOc1ccc(N2C(=O)[C@@H]3[C@@H](c4ccc(SC)cc4)N(c4ccccc4)O[C@H]3C2=O)cc1. The quantitative estimate of drug-likeness (QED) is 0.344. The van der Waals surface area contributed by atoms with Crippen LogP contribution in [0.25, 0.3) is 0 Å². The smallest absolute Gasteiger partial charge is 0.266 e. The summed E-state index contributed by atoms with van der Waals surface area (Å²) in [4.78, 5) is 35.7. The maximum absolute atomic E-state index is 13.7. The highest BCUT2D eigenvalue weighted by molar-refractivity contribution is 7.98. The fourth-order valence-corrected chi connectivity index (χ4v) is 4.93. The zero-order valence-electron chi connectivity index (χ0n) is 19.1. The number of anilines is 2. The number of para-hydroxylation sites is 1. The van der Waals surface area contributed by atoms with Crippen LogP contribution in [0.5, 0.6) is 5.75 Å². The van der Waals surface area contributed by atoms with E-state index in [1.807, 2.05) is 67.8 Å². The van der Waals surface area contributed by atoms with Crippen LogP contribution >= 0.6 is 11.8 Å². The summed E-state index contributed by atoms with van der Waals surface area (Å²) in [5.74, 6) is -0.539. The van der Waals surface area contributed by atoms with Crippen LogP contribution in [0.4, 0.5) is 11.4 Å². The van der Waals surface area contributed by atoms with Crippen LogP contribution < -0.4 is 14.7 Å². The standard InChI is InChI=1S/C27H26N2O4S/c1-3-17-32-21-13-11-19(12-14-21)28-26(30)23-24(18-9-15-22(34-2)16-10-18)29(33-25(23)27(28)31)20-7-5-4-6-8-20/h4-16,23-25H,3,17H2,1-2H3/t23-,24-,25-/m1/s1. The second-order valence-electron chi connectivity index (χ2n) is 8.29. The van der Waals surface area contributed by atoms with Gasteiger partial charge in [-0.1, -0.05) is 37.3 Å². The summed E-state index contributed by atoms with van der Waals surface area (Å²) >= 11 is 1.66. The first-order valence-corrected chi connectivity index (χ1v) is 12.6. The van der Waals surface area contributed by atoms with E-state index in [9.17, 15) is 9.59 Å². The Morgan fingerprint density at radius 1 is 0.882 bits per heavy atom. The van der Waals surface area contributed by atoms with Crippen molar-refractivity contribution in [2.75, 3.05) is 22.8 Å².